The summed E-state index contributed by atoms with van der Waals surface area (Å²) in [6.07, 6.45) is -4.91. The number of hydrogen-bond donors (Lipinski definition) is 1. The number of hydrogen-bond acceptors (Lipinski definition) is 4. The van der Waals surface area contributed by atoms with Gasteiger partial charge in [0.25, 0.3) is 0 Å². The van der Waals surface area contributed by atoms with Crippen LogP contribution < -0.4 is 15.0 Å². The molecule has 1 amide bonds. The summed E-state index contributed by atoms with van der Waals surface area (Å²) >= 11 is 0. The van der Waals surface area contributed by atoms with Gasteiger partial charge in [-0.05, 0) is 59.9 Å². The molecule has 0 bridgehead atoms. The fourth-order valence-electron chi connectivity index (χ4n) is 5.05. The third kappa shape index (κ3) is 4.57. The van der Waals surface area contributed by atoms with E-state index in [0.717, 1.165) is 17.7 Å². The summed E-state index contributed by atoms with van der Waals surface area (Å²) in [7, 11) is 1.55. The molecule has 3 aromatic carbocycles. The molecule has 0 saturated heterocycles. The van der Waals surface area contributed by atoms with Crippen LogP contribution in [-0.2, 0) is 9.59 Å². The number of allylic oxidation sites excluding steroid dienone is 1. The summed E-state index contributed by atoms with van der Waals surface area (Å²) < 4.78 is 61.2. The van der Waals surface area contributed by atoms with Gasteiger partial charge in [0.1, 0.15) is 11.6 Å². The molecule has 5 nitrogen and oxygen atoms in total. The van der Waals surface area contributed by atoms with Crippen LogP contribution in [-0.4, -0.2) is 25.0 Å². The number of carbonyl (C=O) groups is 2. The quantitative estimate of drug-likeness (QED) is 0.421. The van der Waals surface area contributed by atoms with E-state index in [-0.39, 0.29) is 34.9 Å². The summed E-state index contributed by atoms with van der Waals surface area (Å²) in [4.78, 5) is 27.1. The Morgan fingerprint density at radius 2 is 1.70 bits per heavy atom. The van der Waals surface area contributed by atoms with Crippen LogP contribution in [0.5, 0.6) is 5.75 Å². The van der Waals surface area contributed by atoms with Crippen molar-refractivity contribution >= 4 is 23.1 Å². The maximum absolute atomic E-state index is 14.3. The molecule has 2 atom stereocenters. The zero-order valence-electron chi connectivity index (χ0n) is 19.7. The summed E-state index contributed by atoms with van der Waals surface area (Å²) in [6, 6.07) is 16.8. The second kappa shape index (κ2) is 9.38. The first-order valence-corrected chi connectivity index (χ1v) is 11.6. The molecule has 190 valence electrons. The second-order valence-corrected chi connectivity index (χ2v) is 8.97. The normalized spacial score (nSPS) is 19.5. The number of nitrogens with one attached hydrogen (secondary N) is 1. The number of benzene rings is 3. The maximum Gasteiger partial charge on any atom is 0.471 e. The molecule has 0 aromatic heterocycles. The Labute approximate surface area is 210 Å². The lowest BCUT2D eigenvalue weighted by Gasteiger charge is -2.35. The predicted molar refractivity (Wildman–Crippen MR) is 130 cm³/mol. The minimum atomic E-state index is -5.23. The number of para-hydroxylation sites is 2. The van der Waals surface area contributed by atoms with Gasteiger partial charge in [0, 0.05) is 17.7 Å². The Bertz CT molecular complexity index is 1400. The Balaban J connectivity index is 1.70. The third-order valence-corrected chi connectivity index (χ3v) is 6.70. The molecule has 1 aliphatic heterocycles. The highest BCUT2D eigenvalue weighted by molar-refractivity contribution is 6.07. The number of halogens is 4. The second-order valence-electron chi connectivity index (χ2n) is 8.97. The minimum absolute atomic E-state index is 0.0169. The lowest BCUT2D eigenvalue weighted by atomic mass is 9.78. The van der Waals surface area contributed by atoms with Crippen molar-refractivity contribution < 1.29 is 31.9 Å². The maximum atomic E-state index is 14.3. The molecular weight excluding hydrogens is 488 g/mol. The largest absolute Gasteiger partial charge is 0.497 e. The highest BCUT2D eigenvalue weighted by atomic mass is 19.4. The van der Waals surface area contributed by atoms with Crippen LogP contribution in [0, 0.1) is 5.82 Å². The number of anilines is 2. The van der Waals surface area contributed by atoms with Crippen molar-refractivity contribution in [2.75, 3.05) is 17.3 Å². The van der Waals surface area contributed by atoms with Crippen LogP contribution in [0.4, 0.5) is 28.9 Å². The van der Waals surface area contributed by atoms with Gasteiger partial charge in [0.15, 0.2) is 5.78 Å². The molecule has 1 heterocycles. The molecule has 0 unspecified atom stereocenters. The van der Waals surface area contributed by atoms with Gasteiger partial charge in [-0.3, -0.25) is 14.5 Å². The smallest absolute Gasteiger partial charge is 0.471 e. The van der Waals surface area contributed by atoms with Crippen molar-refractivity contribution in [2.45, 2.75) is 31.0 Å². The Hall–Kier alpha value is -4.14. The molecule has 37 heavy (non-hydrogen) atoms. The molecule has 0 radical (unpaired) electrons. The molecule has 5 rings (SSSR count). The SMILES string of the molecule is COc1ccc([C@@H]2CC(=O)C3=C(C2)Nc2ccccc2N(C(=O)C(F)(F)F)[C@@H]3c2cccc(F)c2)cc1. The first-order valence-electron chi connectivity index (χ1n) is 11.6. The van der Waals surface area contributed by atoms with Crippen molar-refractivity contribution in [3.63, 3.8) is 0 Å². The molecule has 1 aliphatic carbocycles. The van der Waals surface area contributed by atoms with E-state index in [2.05, 4.69) is 5.32 Å². The van der Waals surface area contributed by atoms with Gasteiger partial charge in [-0.15, -0.1) is 0 Å². The molecular formula is C28H22F4N2O3. The van der Waals surface area contributed by atoms with Crippen molar-refractivity contribution in [3.8, 4) is 5.75 Å². The third-order valence-electron chi connectivity index (χ3n) is 6.70. The van der Waals surface area contributed by atoms with Gasteiger partial charge >= 0.3 is 12.1 Å². The van der Waals surface area contributed by atoms with Crippen LogP contribution in [0.3, 0.4) is 0 Å². The summed E-state index contributed by atoms with van der Waals surface area (Å²) in [5, 5.41) is 3.14. The number of ether oxygens (including phenoxy) is 1. The molecule has 1 N–H and O–H groups in total. The van der Waals surface area contributed by atoms with E-state index in [9.17, 15) is 27.2 Å². The van der Waals surface area contributed by atoms with E-state index >= 15 is 0 Å². The van der Waals surface area contributed by atoms with E-state index in [1.807, 2.05) is 12.1 Å². The Kier molecular flexibility index (Phi) is 6.23. The van der Waals surface area contributed by atoms with E-state index in [1.165, 1.54) is 24.3 Å². The molecule has 0 fully saturated rings. The lowest BCUT2D eigenvalue weighted by molar-refractivity contribution is -0.170. The van der Waals surface area contributed by atoms with E-state index in [1.54, 1.807) is 31.4 Å². The minimum Gasteiger partial charge on any atom is -0.497 e. The Morgan fingerprint density at radius 3 is 2.38 bits per heavy atom. The fraction of sp³-hybridized carbons (Fsp3) is 0.214. The van der Waals surface area contributed by atoms with Gasteiger partial charge in [-0.2, -0.15) is 13.2 Å². The van der Waals surface area contributed by atoms with Crippen LogP contribution >= 0.6 is 0 Å². The zero-order chi connectivity index (χ0) is 26.3. The lowest BCUT2D eigenvalue weighted by Crippen LogP contribution is -2.45. The van der Waals surface area contributed by atoms with E-state index in [0.29, 0.717) is 22.8 Å². The summed E-state index contributed by atoms with van der Waals surface area (Å²) in [6.45, 7) is 0. The van der Waals surface area contributed by atoms with Gasteiger partial charge in [0.05, 0.1) is 24.5 Å². The van der Waals surface area contributed by atoms with Crippen LogP contribution in [0.25, 0.3) is 0 Å². The molecule has 2 aliphatic rings. The average Bonchev–Trinajstić information content (AvgIpc) is 3.02. The van der Waals surface area contributed by atoms with E-state index < -0.39 is 29.7 Å². The number of nitrogens with zero attached hydrogens (tertiary/aromatic N) is 1. The molecule has 9 heteroatoms. The predicted octanol–water partition coefficient (Wildman–Crippen LogP) is 6.30. The van der Waals surface area contributed by atoms with Crippen molar-refractivity contribution in [1.29, 1.82) is 0 Å². The van der Waals surface area contributed by atoms with Crippen molar-refractivity contribution in [3.05, 3.63) is 101 Å². The standard InChI is InChI=1S/C28H22F4N2O3/c1-37-20-11-9-16(10-12-20)18-14-22-25(24(35)15-18)26(17-5-4-6-19(29)13-17)34(27(36)28(30,31)32)23-8-3-2-7-21(23)33-22/h2-13,18,26,33H,14-15H2,1H3/t18-,26+/m0/s1. The number of fused-ring (bicyclic) bond motifs is 1. The van der Waals surface area contributed by atoms with Crippen LogP contribution in [0.15, 0.2) is 84.1 Å². The zero-order valence-corrected chi connectivity index (χ0v) is 19.7. The number of carbonyl (C=O) groups excluding carboxylic acids is 2. The van der Waals surface area contributed by atoms with Crippen LogP contribution in [0.1, 0.15) is 35.9 Å². The highest BCUT2D eigenvalue weighted by Crippen LogP contribution is 2.48. The molecule has 0 saturated carbocycles. The first-order chi connectivity index (χ1) is 17.7. The van der Waals surface area contributed by atoms with Gasteiger partial charge < -0.3 is 10.1 Å². The van der Waals surface area contributed by atoms with Gasteiger partial charge in [0.2, 0.25) is 0 Å². The van der Waals surface area contributed by atoms with E-state index in [4.69, 9.17) is 4.74 Å². The number of Topliss-reactive ketones (excluding diaryl/α,β-unsaturated/α-hetero) is 1. The van der Waals surface area contributed by atoms with Crippen molar-refractivity contribution in [2.24, 2.45) is 0 Å². The highest BCUT2D eigenvalue weighted by Gasteiger charge is 2.50. The Morgan fingerprint density at radius 1 is 0.973 bits per heavy atom. The summed E-state index contributed by atoms with van der Waals surface area (Å²) in [5.41, 5.74) is 1.54. The van der Waals surface area contributed by atoms with Gasteiger partial charge in [-0.1, -0.05) is 36.4 Å². The number of rotatable bonds is 3. The number of alkyl halides is 3. The van der Waals surface area contributed by atoms with Gasteiger partial charge in [-0.25, -0.2) is 4.39 Å². The number of methoxy groups -OCH3 is 1. The molecule has 3 aromatic rings. The average molecular weight is 510 g/mol. The van der Waals surface area contributed by atoms with Crippen molar-refractivity contribution in [1.82, 2.24) is 0 Å². The first kappa shape index (κ1) is 24.5. The fourth-order valence-corrected chi connectivity index (χ4v) is 5.05. The number of ketones is 1. The number of amides is 1. The topological polar surface area (TPSA) is 58.6 Å². The molecule has 0 spiro atoms. The van der Waals surface area contributed by atoms with Crippen LogP contribution in [0.2, 0.25) is 0 Å². The summed E-state index contributed by atoms with van der Waals surface area (Å²) in [5.74, 6) is -2.86. The monoisotopic (exact) mass is 510 g/mol.